The lowest BCUT2D eigenvalue weighted by molar-refractivity contribution is 0.0703. The molecule has 1 atom stereocenters. The molecule has 0 bridgehead atoms. The summed E-state index contributed by atoms with van der Waals surface area (Å²) in [5.74, 6) is -1.60. The van der Waals surface area contributed by atoms with Gasteiger partial charge in [-0.05, 0) is 43.2 Å². The van der Waals surface area contributed by atoms with E-state index in [-0.39, 0.29) is 17.4 Å². The molecule has 8 heteroatoms. The molecule has 0 aliphatic carbocycles. The Morgan fingerprint density at radius 1 is 1.19 bits per heavy atom. The second-order valence-corrected chi connectivity index (χ2v) is 6.39. The Labute approximate surface area is 153 Å². The monoisotopic (exact) mass is 370 g/mol. The lowest BCUT2D eigenvalue weighted by Gasteiger charge is -2.31. The number of hydrogen-bond acceptors (Lipinski definition) is 5. The lowest BCUT2D eigenvalue weighted by atomic mass is 9.96. The van der Waals surface area contributed by atoms with Gasteiger partial charge in [0.05, 0.1) is 0 Å². The number of pyridine rings is 1. The van der Waals surface area contributed by atoms with E-state index in [0.717, 1.165) is 25.0 Å². The van der Waals surface area contributed by atoms with Crippen LogP contribution in [-0.2, 0) is 0 Å². The molecule has 1 amide bonds. The van der Waals surface area contributed by atoms with Crippen LogP contribution in [0.15, 0.2) is 47.1 Å². The molecule has 3 heterocycles. The van der Waals surface area contributed by atoms with Crippen molar-refractivity contribution in [3.8, 4) is 11.6 Å². The Balaban J connectivity index is 1.50. The fourth-order valence-electron chi connectivity index (χ4n) is 3.18. The van der Waals surface area contributed by atoms with E-state index < -0.39 is 11.6 Å². The maximum atomic E-state index is 13.4. The minimum atomic E-state index is -1.03. The fraction of sp³-hybridized carbons (Fsp3) is 0.263. The SMILES string of the molecule is O=C(c1ccc(F)c(F)c1)N1CCCC(c2noc(-c3ccccn3)n2)C1. The third kappa shape index (κ3) is 3.55. The second kappa shape index (κ2) is 7.22. The third-order valence-electron chi connectivity index (χ3n) is 4.57. The molecule has 0 N–H and O–H groups in total. The number of benzene rings is 1. The van der Waals surface area contributed by atoms with Crippen LogP contribution in [0.2, 0.25) is 0 Å². The third-order valence-corrected chi connectivity index (χ3v) is 4.57. The largest absolute Gasteiger partial charge is 0.338 e. The molecule has 27 heavy (non-hydrogen) atoms. The van der Waals surface area contributed by atoms with E-state index in [9.17, 15) is 13.6 Å². The van der Waals surface area contributed by atoms with Gasteiger partial charge < -0.3 is 9.42 Å². The Morgan fingerprint density at radius 3 is 2.85 bits per heavy atom. The molecule has 0 saturated carbocycles. The molecule has 1 aliphatic rings. The molecule has 1 aliphatic heterocycles. The molecule has 0 spiro atoms. The fourth-order valence-corrected chi connectivity index (χ4v) is 3.18. The summed E-state index contributed by atoms with van der Waals surface area (Å²) >= 11 is 0. The summed E-state index contributed by atoms with van der Waals surface area (Å²) in [6.45, 7) is 0.929. The number of aromatic nitrogens is 3. The minimum absolute atomic E-state index is 0.0887. The standard InChI is InChI=1S/C19H16F2N4O2/c20-14-7-6-12(10-15(14)21)19(26)25-9-3-4-13(11-25)17-23-18(27-24-17)16-5-1-2-8-22-16/h1-2,5-8,10,13H,3-4,9,11H2. The summed E-state index contributed by atoms with van der Waals surface area (Å²) in [4.78, 5) is 22.8. The summed E-state index contributed by atoms with van der Waals surface area (Å²) in [7, 11) is 0. The Morgan fingerprint density at radius 2 is 2.07 bits per heavy atom. The average Bonchev–Trinajstić information content (AvgIpc) is 3.21. The Kier molecular flexibility index (Phi) is 4.62. The van der Waals surface area contributed by atoms with Gasteiger partial charge in [0.15, 0.2) is 17.5 Å². The lowest BCUT2D eigenvalue weighted by Crippen LogP contribution is -2.39. The van der Waals surface area contributed by atoms with Crippen molar-refractivity contribution >= 4 is 5.91 Å². The number of carbonyl (C=O) groups excluding carboxylic acids is 1. The first-order valence-electron chi connectivity index (χ1n) is 8.61. The van der Waals surface area contributed by atoms with Crippen molar-refractivity contribution in [1.29, 1.82) is 0 Å². The number of amides is 1. The van der Waals surface area contributed by atoms with Crippen molar-refractivity contribution in [2.45, 2.75) is 18.8 Å². The predicted octanol–water partition coefficient (Wildman–Crippen LogP) is 3.43. The summed E-state index contributed by atoms with van der Waals surface area (Å²) in [5, 5.41) is 4.03. The van der Waals surface area contributed by atoms with Crippen LogP contribution in [-0.4, -0.2) is 39.0 Å². The van der Waals surface area contributed by atoms with Crippen molar-refractivity contribution < 1.29 is 18.1 Å². The smallest absolute Gasteiger partial charge is 0.276 e. The molecule has 3 aromatic rings. The molecular formula is C19H16F2N4O2. The van der Waals surface area contributed by atoms with Gasteiger partial charge in [-0.2, -0.15) is 4.98 Å². The predicted molar refractivity (Wildman–Crippen MR) is 91.8 cm³/mol. The van der Waals surface area contributed by atoms with Crippen LogP contribution in [0.1, 0.15) is 34.9 Å². The average molecular weight is 370 g/mol. The van der Waals surface area contributed by atoms with Gasteiger partial charge in [0.25, 0.3) is 11.8 Å². The zero-order chi connectivity index (χ0) is 18.8. The van der Waals surface area contributed by atoms with Crippen molar-refractivity contribution in [1.82, 2.24) is 20.0 Å². The van der Waals surface area contributed by atoms with Gasteiger partial charge >= 0.3 is 0 Å². The molecule has 0 radical (unpaired) electrons. The zero-order valence-corrected chi connectivity index (χ0v) is 14.3. The van der Waals surface area contributed by atoms with E-state index >= 15 is 0 Å². The normalized spacial score (nSPS) is 17.1. The van der Waals surface area contributed by atoms with Crippen LogP contribution in [0.4, 0.5) is 8.78 Å². The van der Waals surface area contributed by atoms with Gasteiger partial charge in [-0.15, -0.1) is 0 Å². The first-order chi connectivity index (χ1) is 13.1. The molecule has 1 saturated heterocycles. The number of piperidine rings is 1. The maximum absolute atomic E-state index is 13.4. The number of rotatable bonds is 3. The van der Waals surface area contributed by atoms with Crippen molar-refractivity contribution in [2.75, 3.05) is 13.1 Å². The first kappa shape index (κ1) is 17.3. The van der Waals surface area contributed by atoms with E-state index in [1.807, 2.05) is 6.07 Å². The molecule has 4 rings (SSSR count). The Bertz CT molecular complexity index is 961. The molecule has 6 nitrogen and oxygen atoms in total. The molecule has 1 unspecified atom stereocenters. The van der Waals surface area contributed by atoms with Crippen LogP contribution in [0.5, 0.6) is 0 Å². The second-order valence-electron chi connectivity index (χ2n) is 6.39. The molecule has 138 valence electrons. The van der Waals surface area contributed by atoms with Crippen LogP contribution in [0.3, 0.4) is 0 Å². The van der Waals surface area contributed by atoms with Crippen LogP contribution < -0.4 is 0 Å². The van der Waals surface area contributed by atoms with Crippen LogP contribution in [0, 0.1) is 11.6 Å². The van der Waals surface area contributed by atoms with Crippen LogP contribution >= 0.6 is 0 Å². The highest BCUT2D eigenvalue weighted by atomic mass is 19.2. The number of nitrogens with zero attached hydrogens (tertiary/aromatic N) is 4. The molecule has 1 fully saturated rings. The summed E-state index contributed by atoms with van der Waals surface area (Å²) < 4.78 is 31.8. The van der Waals surface area contributed by atoms with E-state index in [2.05, 4.69) is 15.1 Å². The number of likely N-dealkylation sites (tertiary alicyclic amines) is 1. The molecular weight excluding hydrogens is 354 g/mol. The molecule has 2 aromatic heterocycles. The number of carbonyl (C=O) groups is 1. The highest BCUT2D eigenvalue weighted by Gasteiger charge is 2.29. The zero-order valence-electron chi connectivity index (χ0n) is 14.3. The van der Waals surface area contributed by atoms with E-state index in [1.165, 1.54) is 6.07 Å². The van der Waals surface area contributed by atoms with Crippen molar-refractivity contribution in [3.63, 3.8) is 0 Å². The summed E-state index contributed by atoms with van der Waals surface area (Å²) in [6, 6.07) is 8.57. The van der Waals surface area contributed by atoms with E-state index in [1.54, 1.807) is 23.2 Å². The minimum Gasteiger partial charge on any atom is -0.338 e. The van der Waals surface area contributed by atoms with Gasteiger partial charge in [0.2, 0.25) is 0 Å². The van der Waals surface area contributed by atoms with Gasteiger partial charge in [0, 0.05) is 30.8 Å². The number of halogens is 2. The Hall–Kier alpha value is -3.16. The van der Waals surface area contributed by atoms with E-state index in [4.69, 9.17) is 4.52 Å². The van der Waals surface area contributed by atoms with Crippen molar-refractivity contribution in [2.24, 2.45) is 0 Å². The molecule has 1 aromatic carbocycles. The van der Waals surface area contributed by atoms with Gasteiger partial charge in [0.1, 0.15) is 5.69 Å². The highest BCUT2D eigenvalue weighted by Crippen LogP contribution is 2.27. The quantitative estimate of drug-likeness (QED) is 0.706. The number of hydrogen-bond donors (Lipinski definition) is 0. The highest BCUT2D eigenvalue weighted by molar-refractivity contribution is 5.94. The summed E-state index contributed by atoms with van der Waals surface area (Å²) in [5.41, 5.74) is 0.707. The maximum Gasteiger partial charge on any atom is 0.276 e. The van der Waals surface area contributed by atoms with Crippen LogP contribution in [0.25, 0.3) is 11.6 Å². The van der Waals surface area contributed by atoms with Crippen molar-refractivity contribution in [3.05, 3.63) is 65.6 Å². The topological polar surface area (TPSA) is 72.1 Å². The van der Waals surface area contributed by atoms with Gasteiger partial charge in [-0.1, -0.05) is 11.2 Å². The van der Waals surface area contributed by atoms with Gasteiger partial charge in [-0.3, -0.25) is 9.78 Å². The van der Waals surface area contributed by atoms with E-state index in [0.29, 0.717) is 30.5 Å². The summed E-state index contributed by atoms with van der Waals surface area (Å²) in [6.07, 6.45) is 3.21. The van der Waals surface area contributed by atoms with Gasteiger partial charge in [-0.25, -0.2) is 8.78 Å². The first-order valence-corrected chi connectivity index (χ1v) is 8.61.